The third-order valence-corrected chi connectivity index (χ3v) is 4.03. The fraction of sp³-hybridized carbons (Fsp3) is 0.235. The summed E-state index contributed by atoms with van der Waals surface area (Å²) < 4.78 is 5.21. The molecule has 4 nitrogen and oxygen atoms in total. The zero-order valence-electron chi connectivity index (χ0n) is 12.9. The van der Waals surface area contributed by atoms with Crippen LogP contribution in [0.2, 0.25) is 10.2 Å². The maximum Gasteiger partial charge on any atom is 0.340 e. The topological polar surface area (TPSA) is 56.3 Å². The zero-order chi connectivity index (χ0) is 17.1. The smallest absolute Gasteiger partial charge is 0.340 e. The lowest BCUT2D eigenvalue weighted by Crippen LogP contribution is -2.25. The van der Waals surface area contributed by atoms with Gasteiger partial charge in [-0.05, 0) is 38.5 Å². The highest BCUT2D eigenvalue weighted by Crippen LogP contribution is 2.21. The highest BCUT2D eigenvalue weighted by molar-refractivity contribution is 6.41. The van der Waals surface area contributed by atoms with Crippen molar-refractivity contribution in [2.24, 2.45) is 0 Å². The summed E-state index contributed by atoms with van der Waals surface area (Å²) in [5.41, 5.74) is 2.48. The molecule has 0 fully saturated rings. The molecule has 0 aliphatic heterocycles. The number of carbonyl (C=O) groups is 2. The summed E-state index contributed by atoms with van der Waals surface area (Å²) >= 11 is 11.5. The fourth-order valence-corrected chi connectivity index (χ4v) is 2.30. The van der Waals surface area contributed by atoms with Crippen molar-refractivity contribution in [3.63, 3.8) is 0 Å². The van der Waals surface area contributed by atoms with Crippen LogP contribution in [0.25, 0.3) is 0 Å². The lowest BCUT2D eigenvalue weighted by molar-refractivity contribution is 0.0318. The van der Waals surface area contributed by atoms with Crippen molar-refractivity contribution in [1.29, 1.82) is 0 Å². The van der Waals surface area contributed by atoms with Crippen molar-refractivity contribution >= 4 is 35.0 Å². The van der Waals surface area contributed by atoms with Crippen LogP contribution >= 0.6 is 23.2 Å². The number of hydrogen-bond donors (Lipinski definition) is 0. The number of benzene rings is 1. The lowest BCUT2D eigenvalue weighted by Gasteiger charge is -2.14. The van der Waals surface area contributed by atoms with E-state index in [4.69, 9.17) is 27.9 Å². The number of pyridine rings is 1. The molecule has 0 bridgehead atoms. The van der Waals surface area contributed by atoms with E-state index in [1.54, 1.807) is 6.07 Å². The van der Waals surface area contributed by atoms with Gasteiger partial charge in [-0.25, -0.2) is 9.78 Å². The molecule has 0 amide bonds. The number of halogens is 2. The Hall–Kier alpha value is -1.91. The summed E-state index contributed by atoms with van der Waals surface area (Å²) in [6.07, 6.45) is 0.337. The number of rotatable bonds is 4. The molecule has 1 heterocycles. The first-order valence-electron chi connectivity index (χ1n) is 6.93. The Kier molecular flexibility index (Phi) is 5.39. The van der Waals surface area contributed by atoms with Crippen LogP contribution in [0.5, 0.6) is 0 Å². The minimum absolute atomic E-state index is 0.0997. The van der Waals surface area contributed by atoms with Gasteiger partial charge in [0, 0.05) is 11.8 Å². The zero-order valence-corrected chi connectivity index (χ0v) is 14.4. The van der Waals surface area contributed by atoms with Crippen molar-refractivity contribution in [2.45, 2.75) is 26.9 Å². The van der Waals surface area contributed by atoms with E-state index in [1.165, 1.54) is 19.2 Å². The Balaban J connectivity index is 2.15. The van der Waals surface area contributed by atoms with Gasteiger partial charge in [0.1, 0.15) is 5.15 Å². The Labute approximate surface area is 144 Å². The van der Waals surface area contributed by atoms with Gasteiger partial charge in [-0.1, -0.05) is 40.9 Å². The van der Waals surface area contributed by atoms with Crippen LogP contribution in [0.3, 0.4) is 0 Å². The molecule has 0 saturated heterocycles. The predicted molar refractivity (Wildman–Crippen MR) is 89.4 cm³/mol. The van der Waals surface area contributed by atoms with E-state index in [0.717, 1.165) is 11.1 Å². The average molecular weight is 352 g/mol. The van der Waals surface area contributed by atoms with E-state index in [-0.39, 0.29) is 21.5 Å². The van der Waals surface area contributed by atoms with Gasteiger partial charge in [0.15, 0.2) is 6.10 Å². The average Bonchev–Trinajstić information content (AvgIpc) is 2.51. The molecule has 1 atom stereocenters. The van der Waals surface area contributed by atoms with E-state index in [1.807, 2.05) is 26.0 Å². The van der Waals surface area contributed by atoms with E-state index in [9.17, 15) is 9.59 Å². The number of aryl methyl sites for hydroxylation is 2. The van der Waals surface area contributed by atoms with Crippen LogP contribution in [0.1, 0.15) is 38.8 Å². The van der Waals surface area contributed by atoms with Gasteiger partial charge in [0.25, 0.3) is 0 Å². The van der Waals surface area contributed by atoms with E-state index in [0.29, 0.717) is 5.56 Å². The first kappa shape index (κ1) is 17.4. The Morgan fingerprint density at radius 3 is 2.52 bits per heavy atom. The van der Waals surface area contributed by atoms with Gasteiger partial charge < -0.3 is 4.74 Å². The van der Waals surface area contributed by atoms with Crippen LogP contribution in [0.4, 0.5) is 0 Å². The molecule has 2 aromatic rings. The SMILES string of the molecule is Cc1ccc(C)c(C(=O)[C@H](C)OC(=O)c2cnc(Cl)c(Cl)c2)c1. The molecular weight excluding hydrogens is 337 g/mol. The number of Topliss-reactive ketones (excluding diaryl/α,β-unsaturated/α-hetero) is 1. The van der Waals surface area contributed by atoms with Crippen LogP contribution in [0.15, 0.2) is 30.5 Å². The third kappa shape index (κ3) is 4.09. The maximum atomic E-state index is 12.5. The molecule has 0 N–H and O–H groups in total. The van der Waals surface area contributed by atoms with Crippen LogP contribution in [-0.2, 0) is 4.74 Å². The summed E-state index contributed by atoms with van der Waals surface area (Å²) in [6, 6.07) is 6.92. The minimum atomic E-state index is -0.919. The number of hydrogen-bond acceptors (Lipinski definition) is 4. The Morgan fingerprint density at radius 1 is 1.17 bits per heavy atom. The maximum absolute atomic E-state index is 12.5. The first-order valence-corrected chi connectivity index (χ1v) is 7.68. The number of esters is 1. The molecule has 120 valence electrons. The molecule has 1 aromatic heterocycles. The molecule has 0 spiro atoms. The minimum Gasteiger partial charge on any atom is -0.451 e. The number of aromatic nitrogens is 1. The lowest BCUT2D eigenvalue weighted by atomic mass is 9.99. The summed E-state index contributed by atoms with van der Waals surface area (Å²) in [7, 11) is 0. The normalized spacial score (nSPS) is 11.9. The molecule has 23 heavy (non-hydrogen) atoms. The van der Waals surface area contributed by atoms with E-state index in [2.05, 4.69) is 4.98 Å². The number of carbonyl (C=O) groups excluding carboxylic acids is 2. The largest absolute Gasteiger partial charge is 0.451 e. The highest BCUT2D eigenvalue weighted by Gasteiger charge is 2.22. The molecule has 2 rings (SSSR count). The Morgan fingerprint density at radius 2 is 1.87 bits per heavy atom. The van der Waals surface area contributed by atoms with Crippen molar-refractivity contribution < 1.29 is 14.3 Å². The van der Waals surface area contributed by atoms with Crippen LogP contribution < -0.4 is 0 Å². The molecule has 6 heteroatoms. The summed E-state index contributed by atoms with van der Waals surface area (Å²) in [6.45, 7) is 5.27. The van der Waals surface area contributed by atoms with Crippen molar-refractivity contribution in [3.8, 4) is 0 Å². The number of nitrogens with zero attached hydrogens (tertiary/aromatic N) is 1. The van der Waals surface area contributed by atoms with Gasteiger partial charge in [-0.2, -0.15) is 0 Å². The van der Waals surface area contributed by atoms with Crippen molar-refractivity contribution in [2.75, 3.05) is 0 Å². The summed E-state index contributed by atoms with van der Waals surface area (Å²) in [5, 5.41) is 0.248. The Bertz CT molecular complexity index is 774. The van der Waals surface area contributed by atoms with Crippen LogP contribution in [0, 0.1) is 13.8 Å². The van der Waals surface area contributed by atoms with Crippen molar-refractivity contribution in [3.05, 3.63) is 62.9 Å². The quantitative estimate of drug-likeness (QED) is 0.464. The van der Waals surface area contributed by atoms with Gasteiger partial charge in [0.05, 0.1) is 10.6 Å². The molecule has 0 unspecified atom stereocenters. The third-order valence-electron chi connectivity index (χ3n) is 3.34. The first-order chi connectivity index (χ1) is 10.8. The monoisotopic (exact) mass is 351 g/mol. The molecule has 0 aliphatic carbocycles. The second-order valence-electron chi connectivity index (χ2n) is 5.23. The highest BCUT2D eigenvalue weighted by atomic mass is 35.5. The van der Waals surface area contributed by atoms with Gasteiger partial charge in [-0.15, -0.1) is 0 Å². The molecule has 0 radical (unpaired) electrons. The molecule has 0 aliphatic rings. The summed E-state index contributed by atoms with van der Waals surface area (Å²) in [4.78, 5) is 28.3. The van der Waals surface area contributed by atoms with Gasteiger partial charge in [-0.3, -0.25) is 4.79 Å². The molecule has 1 aromatic carbocycles. The molecule has 0 saturated carbocycles. The number of ketones is 1. The van der Waals surface area contributed by atoms with Gasteiger partial charge >= 0.3 is 5.97 Å². The standard InChI is InChI=1S/C17H15Cl2NO3/c1-9-4-5-10(2)13(6-9)15(21)11(3)23-17(22)12-7-14(18)16(19)20-8-12/h4-8,11H,1-3H3/t11-/m0/s1. The van der Waals surface area contributed by atoms with Crippen molar-refractivity contribution in [1.82, 2.24) is 4.98 Å². The second-order valence-corrected chi connectivity index (χ2v) is 5.99. The van der Waals surface area contributed by atoms with E-state index >= 15 is 0 Å². The molecular formula is C17H15Cl2NO3. The second kappa shape index (κ2) is 7.11. The summed E-state index contributed by atoms with van der Waals surface area (Å²) in [5.74, 6) is -0.935. The predicted octanol–water partition coefficient (Wildman–Crippen LogP) is 4.43. The number of ether oxygens (including phenoxy) is 1. The van der Waals surface area contributed by atoms with E-state index < -0.39 is 12.1 Å². The van der Waals surface area contributed by atoms with Gasteiger partial charge in [0.2, 0.25) is 5.78 Å². The van der Waals surface area contributed by atoms with Crippen LogP contribution in [-0.4, -0.2) is 22.8 Å². The fourth-order valence-electron chi connectivity index (χ4n) is 2.04.